The number of aromatic nitrogens is 1. The predicted octanol–water partition coefficient (Wildman–Crippen LogP) is 2.12. The van der Waals surface area contributed by atoms with Gasteiger partial charge in [0.2, 0.25) is 11.8 Å². The van der Waals surface area contributed by atoms with Crippen molar-refractivity contribution in [2.45, 2.75) is 26.8 Å². The molecular weight excluding hydrogens is 336 g/mol. The van der Waals surface area contributed by atoms with Crippen LogP contribution in [0.4, 0.5) is 5.69 Å². The van der Waals surface area contributed by atoms with Gasteiger partial charge in [0, 0.05) is 24.7 Å². The molecule has 6 nitrogen and oxygen atoms in total. The fraction of sp³-hybridized carbons (Fsp3) is 0.389. The molecule has 0 aliphatic carbocycles. The Hall–Kier alpha value is -2.25. The summed E-state index contributed by atoms with van der Waals surface area (Å²) in [5.41, 5.74) is 3.85. The van der Waals surface area contributed by atoms with Crippen LogP contribution in [0.2, 0.25) is 0 Å². The summed E-state index contributed by atoms with van der Waals surface area (Å²) >= 11 is 1.46. The van der Waals surface area contributed by atoms with Crippen LogP contribution in [0.15, 0.2) is 23.6 Å². The Morgan fingerprint density at radius 1 is 1.24 bits per heavy atom. The van der Waals surface area contributed by atoms with Crippen LogP contribution in [0.5, 0.6) is 0 Å². The Bertz CT molecular complexity index is 757. The zero-order valence-corrected chi connectivity index (χ0v) is 15.9. The fourth-order valence-electron chi connectivity index (χ4n) is 2.36. The van der Waals surface area contributed by atoms with Crippen LogP contribution >= 0.6 is 11.3 Å². The Kier molecular flexibility index (Phi) is 6.66. The van der Waals surface area contributed by atoms with Gasteiger partial charge in [0.15, 0.2) is 0 Å². The van der Waals surface area contributed by atoms with Gasteiger partial charge in [0.25, 0.3) is 0 Å². The van der Waals surface area contributed by atoms with Crippen molar-refractivity contribution in [3.05, 3.63) is 45.4 Å². The molecule has 0 aliphatic rings. The normalized spacial score (nSPS) is 10.8. The maximum Gasteiger partial charge on any atom is 0.233 e. The van der Waals surface area contributed by atoms with Crippen molar-refractivity contribution in [2.75, 3.05) is 26.0 Å². The second-order valence-electron chi connectivity index (χ2n) is 6.12. The SMILES string of the molecule is CNC(=O)CN(C)Cc1csc(CC(=O)Nc2cc(C)ccc2C)n1. The second kappa shape index (κ2) is 8.73. The van der Waals surface area contributed by atoms with Crippen LogP contribution in [0.1, 0.15) is 21.8 Å². The molecule has 2 amide bonds. The van der Waals surface area contributed by atoms with E-state index in [1.54, 1.807) is 7.05 Å². The highest BCUT2D eigenvalue weighted by atomic mass is 32.1. The molecule has 7 heteroatoms. The molecule has 0 saturated heterocycles. The first-order valence-corrected chi connectivity index (χ1v) is 8.95. The van der Waals surface area contributed by atoms with Gasteiger partial charge in [-0.2, -0.15) is 0 Å². The third-order valence-corrected chi connectivity index (χ3v) is 4.60. The smallest absolute Gasteiger partial charge is 0.233 e. The molecule has 2 rings (SSSR count). The third kappa shape index (κ3) is 5.95. The van der Waals surface area contributed by atoms with Crippen LogP contribution in [0.25, 0.3) is 0 Å². The highest BCUT2D eigenvalue weighted by molar-refractivity contribution is 7.09. The average Bonchev–Trinajstić information content (AvgIpc) is 2.97. The quantitative estimate of drug-likeness (QED) is 0.793. The van der Waals surface area contributed by atoms with E-state index in [2.05, 4.69) is 15.6 Å². The van der Waals surface area contributed by atoms with Gasteiger partial charge in [0.05, 0.1) is 18.7 Å². The number of nitrogens with zero attached hydrogens (tertiary/aromatic N) is 2. The van der Waals surface area contributed by atoms with Gasteiger partial charge in [-0.3, -0.25) is 14.5 Å². The Morgan fingerprint density at radius 2 is 2.00 bits per heavy atom. The lowest BCUT2D eigenvalue weighted by atomic mass is 10.1. The van der Waals surface area contributed by atoms with E-state index in [9.17, 15) is 9.59 Å². The molecule has 0 unspecified atom stereocenters. The van der Waals surface area contributed by atoms with Crippen molar-refractivity contribution in [3.63, 3.8) is 0 Å². The number of carbonyl (C=O) groups excluding carboxylic acids is 2. The molecule has 0 radical (unpaired) electrons. The maximum atomic E-state index is 12.3. The van der Waals surface area contributed by atoms with Gasteiger partial charge in [-0.15, -0.1) is 11.3 Å². The van der Waals surface area contributed by atoms with Crippen LogP contribution in [0.3, 0.4) is 0 Å². The predicted molar refractivity (Wildman–Crippen MR) is 101 cm³/mol. The summed E-state index contributed by atoms with van der Waals surface area (Å²) in [7, 11) is 3.48. The number of amides is 2. The average molecular weight is 360 g/mol. The number of aryl methyl sites for hydroxylation is 2. The van der Waals surface area contributed by atoms with E-state index in [1.807, 2.05) is 49.4 Å². The van der Waals surface area contributed by atoms with Crippen molar-refractivity contribution in [3.8, 4) is 0 Å². The van der Waals surface area contributed by atoms with E-state index in [1.165, 1.54) is 11.3 Å². The van der Waals surface area contributed by atoms with E-state index in [-0.39, 0.29) is 18.2 Å². The highest BCUT2D eigenvalue weighted by Crippen LogP contribution is 2.18. The van der Waals surface area contributed by atoms with Crippen molar-refractivity contribution in [2.24, 2.45) is 0 Å². The van der Waals surface area contributed by atoms with Crippen molar-refractivity contribution in [1.82, 2.24) is 15.2 Å². The second-order valence-corrected chi connectivity index (χ2v) is 7.06. The molecule has 1 aromatic heterocycles. The number of hydrogen-bond acceptors (Lipinski definition) is 5. The van der Waals surface area contributed by atoms with E-state index in [4.69, 9.17) is 0 Å². The molecule has 2 N–H and O–H groups in total. The summed E-state index contributed by atoms with van der Waals surface area (Å²) in [6, 6.07) is 5.98. The third-order valence-electron chi connectivity index (χ3n) is 3.70. The standard InChI is InChI=1S/C18H24N4O2S/c1-12-5-6-13(2)15(7-12)21-16(23)8-18-20-14(11-25-18)9-22(4)10-17(24)19-3/h5-7,11H,8-10H2,1-4H3,(H,19,24)(H,21,23). The van der Waals surface area contributed by atoms with Gasteiger partial charge < -0.3 is 10.6 Å². The van der Waals surface area contributed by atoms with E-state index >= 15 is 0 Å². The number of rotatable bonds is 7. The first-order valence-electron chi connectivity index (χ1n) is 8.07. The topological polar surface area (TPSA) is 74.3 Å². The fourth-order valence-corrected chi connectivity index (χ4v) is 3.15. The number of likely N-dealkylation sites (N-methyl/N-ethyl adjacent to an activating group) is 2. The highest BCUT2D eigenvalue weighted by Gasteiger charge is 2.12. The lowest BCUT2D eigenvalue weighted by Gasteiger charge is -2.13. The van der Waals surface area contributed by atoms with Gasteiger partial charge >= 0.3 is 0 Å². The summed E-state index contributed by atoms with van der Waals surface area (Å²) in [5, 5.41) is 8.24. The lowest BCUT2D eigenvalue weighted by Crippen LogP contribution is -2.32. The molecule has 0 atom stereocenters. The molecule has 25 heavy (non-hydrogen) atoms. The molecule has 0 bridgehead atoms. The summed E-state index contributed by atoms with van der Waals surface area (Å²) in [4.78, 5) is 30.0. The van der Waals surface area contributed by atoms with Crippen molar-refractivity contribution < 1.29 is 9.59 Å². The molecule has 134 valence electrons. The van der Waals surface area contributed by atoms with Gasteiger partial charge in [-0.1, -0.05) is 12.1 Å². The minimum absolute atomic E-state index is 0.0362. The molecule has 0 saturated carbocycles. The van der Waals surface area contributed by atoms with Crippen LogP contribution < -0.4 is 10.6 Å². The molecule has 0 spiro atoms. The number of anilines is 1. The first-order chi connectivity index (χ1) is 11.9. The molecule has 2 aromatic rings. The van der Waals surface area contributed by atoms with Crippen molar-refractivity contribution in [1.29, 1.82) is 0 Å². The maximum absolute atomic E-state index is 12.3. The number of benzene rings is 1. The van der Waals surface area contributed by atoms with E-state index in [0.29, 0.717) is 13.1 Å². The minimum Gasteiger partial charge on any atom is -0.358 e. The van der Waals surface area contributed by atoms with Crippen molar-refractivity contribution >= 4 is 28.8 Å². The number of carbonyl (C=O) groups is 2. The van der Waals surface area contributed by atoms with Crippen LogP contribution in [0, 0.1) is 13.8 Å². The van der Waals surface area contributed by atoms with E-state index < -0.39 is 0 Å². The van der Waals surface area contributed by atoms with Crippen LogP contribution in [-0.4, -0.2) is 42.3 Å². The number of thiazole rings is 1. The monoisotopic (exact) mass is 360 g/mol. The number of nitrogens with one attached hydrogen (secondary N) is 2. The van der Waals surface area contributed by atoms with Gasteiger partial charge in [-0.25, -0.2) is 4.98 Å². The first kappa shape index (κ1) is 19.1. The van der Waals surface area contributed by atoms with E-state index in [0.717, 1.165) is 27.5 Å². The zero-order chi connectivity index (χ0) is 18.4. The minimum atomic E-state index is -0.0756. The van der Waals surface area contributed by atoms with Gasteiger partial charge in [-0.05, 0) is 38.1 Å². The Morgan fingerprint density at radius 3 is 2.72 bits per heavy atom. The number of hydrogen-bond donors (Lipinski definition) is 2. The summed E-state index contributed by atoms with van der Waals surface area (Å²) < 4.78 is 0. The molecule has 0 aliphatic heterocycles. The molecule has 0 fully saturated rings. The molecule has 1 aromatic carbocycles. The lowest BCUT2D eigenvalue weighted by molar-refractivity contribution is -0.121. The summed E-state index contributed by atoms with van der Waals surface area (Å²) in [6.45, 7) is 4.86. The molecular formula is C18H24N4O2S. The van der Waals surface area contributed by atoms with Crippen LogP contribution in [-0.2, 0) is 22.6 Å². The van der Waals surface area contributed by atoms with Gasteiger partial charge in [0.1, 0.15) is 5.01 Å². The zero-order valence-electron chi connectivity index (χ0n) is 15.0. The largest absolute Gasteiger partial charge is 0.358 e. The Labute approximate surface area is 152 Å². The summed E-state index contributed by atoms with van der Waals surface area (Å²) in [6.07, 6.45) is 0.247. The molecule has 1 heterocycles. The Balaban J connectivity index is 1.91. The summed E-state index contributed by atoms with van der Waals surface area (Å²) in [5.74, 6) is -0.112.